The van der Waals surface area contributed by atoms with Crippen LogP contribution in [0, 0.1) is 0 Å². The molecule has 5 heteroatoms. The van der Waals surface area contributed by atoms with Crippen LogP contribution in [0.3, 0.4) is 0 Å². The number of hydrazine groups is 1. The van der Waals surface area contributed by atoms with Crippen LogP contribution in [0.1, 0.15) is 0 Å². The van der Waals surface area contributed by atoms with E-state index in [4.69, 9.17) is 10.9 Å². The van der Waals surface area contributed by atoms with E-state index in [9.17, 15) is 4.79 Å². The van der Waals surface area contributed by atoms with Crippen molar-refractivity contribution in [1.29, 1.82) is 0 Å². The molecular weight excluding hydrogens is 146 g/mol. The fourth-order valence-corrected chi connectivity index (χ4v) is 1.15. The summed E-state index contributed by atoms with van der Waals surface area (Å²) in [5.74, 6) is 4.62. The minimum atomic E-state index is -0.848. The van der Waals surface area contributed by atoms with E-state index in [1.165, 1.54) is 5.01 Å². The van der Waals surface area contributed by atoms with Gasteiger partial charge in [-0.15, -0.1) is 0 Å². The Kier molecular flexibility index (Phi) is 2.43. The van der Waals surface area contributed by atoms with E-state index >= 15 is 0 Å². The first-order valence-corrected chi connectivity index (χ1v) is 3.54. The molecule has 64 valence electrons. The quantitative estimate of drug-likeness (QED) is 0.459. The zero-order chi connectivity index (χ0) is 8.43. The average Bonchev–Trinajstić information content (AvgIpc) is 1.94. The molecule has 0 aromatic heterocycles. The Bertz CT molecular complexity index is 162. The summed E-state index contributed by atoms with van der Waals surface area (Å²) in [6.07, 6.45) is 0. The minimum absolute atomic E-state index is 0.506. The molecule has 0 radical (unpaired) electrons. The highest BCUT2D eigenvalue weighted by Crippen LogP contribution is 2.03. The molecule has 0 spiro atoms. The van der Waals surface area contributed by atoms with Crippen molar-refractivity contribution >= 4 is 5.97 Å². The van der Waals surface area contributed by atoms with Gasteiger partial charge in [0.05, 0.1) is 0 Å². The average molecular weight is 159 g/mol. The fraction of sp³-hybridized carbons (Fsp3) is 0.833. The second-order valence-corrected chi connectivity index (χ2v) is 2.85. The number of carbonyl (C=O) groups is 1. The van der Waals surface area contributed by atoms with Crippen molar-refractivity contribution in [2.45, 2.75) is 6.04 Å². The standard InChI is InChI=1S/C6H13N3O2/c1-8-2-3-9(7)5(4-8)6(10)11/h5H,2-4,7H2,1H3,(H,10,11). The minimum Gasteiger partial charge on any atom is -0.480 e. The molecule has 0 aliphatic carbocycles. The summed E-state index contributed by atoms with van der Waals surface area (Å²) in [5.41, 5.74) is 0. The largest absolute Gasteiger partial charge is 0.480 e. The first-order chi connectivity index (χ1) is 5.11. The lowest BCUT2D eigenvalue weighted by Gasteiger charge is -2.34. The molecule has 1 aliphatic heterocycles. The molecular formula is C6H13N3O2. The third kappa shape index (κ3) is 1.89. The predicted molar refractivity (Wildman–Crippen MR) is 39.8 cm³/mol. The van der Waals surface area contributed by atoms with Crippen molar-refractivity contribution in [3.05, 3.63) is 0 Å². The van der Waals surface area contributed by atoms with Crippen molar-refractivity contribution in [3.8, 4) is 0 Å². The Morgan fingerprint density at radius 2 is 2.27 bits per heavy atom. The van der Waals surface area contributed by atoms with Crippen LogP contribution < -0.4 is 5.84 Å². The molecule has 1 fully saturated rings. The van der Waals surface area contributed by atoms with E-state index in [0.717, 1.165) is 6.54 Å². The molecule has 11 heavy (non-hydrogen) atoms. The molecule has 0 aromatic rings. The number of likely N-dealkylation sites (N-methyl/N-ethyl adjacent to an activating group) is 1. The van der Waals surface area contributed by atoms with E-state index in [1.807, 2.05) is 11.9 Å². The van der Waals surface area contributed by atoms with Gasteiger partial charge in [-0.25, -0.2) is 5.01 Å². The fourth-order valence-electron chi connectivity index (χ4n) is 1.15. The van der Waals surface area contributed by atoms with Crippen molar-refractivity contribution in [2.75, 3.05) is 26.7 Å². The van der Waals surface area contributed by atoms with Gasteiger partial charge in [-0.05, 0) is 7.05 Å². The Hall–Kier alpha value is -0.650. The van der Waals surface area contributed by atoms with Crippen LogP contribution in [0.5, 0.6) is 0 Å². The summed E-state index contributed by atoms with van der Waals surface area (Å²) in [6.45, 7) is 1.96. The van der Waals surface area contributed by atoms with Crippen LogP contribution in [0.15, 0.2) is 0 Å². The topological polar surface area (TPSA) is 69.8 Å². The number of hydrogen-bond donors (Lipinski definition) is 2. The van der Waals surface area contributed by atoms with Crippen LogP contribution in [-0.4, -0.2) is 53.7 Å². The Morgan fingerprint density at radius 1 is 1.64 bits per heavy atom. The molecule has 0 bridgehead atoms. The normalized spacial score (nSPS) is 28.7. The number of nitrogens with zero attached hydrogens (tertiary/aromatic N) is 2. The van der Waals surface area contributed by atoms with E-state index in [-0.39, 0.29) is 0 Å². The third-order valence-corrected chi connectivity index (χ3v) is 1.91. The van der Waals surface area contributed by atoms with E-state index in [1.54, 1.807) is 0 Å². The van der Waals surface area contributed by atoms with Gasteiger partial charge in [0.15, 0.2) is 0 Å². The van der Waals surface area contributed by atoms with E-state index < -0.39 is 12.0 Å². The number of aliphatic carboxylic acids is 1. The highest BCUT2D eigenvalue weighted by Gasteiger charge is 2.28. The van der Waals surface area contributed by atoms with Gasteiger partial charge in [0, 0.05) is 19.6 Å². The SMILES string of the molecule is CN1CCN(N)C(C(=O)O)C1. The number of rotatable bonds is 1. The van der Waals surface area contributed by atoms with Crippen LogP contribution in [-0.2, 0) is 4.79 Å². The van der Waals surface area contributed by atoms with Crippen LogP contribution in [0.2, 0.25) is 0 Å². The van der Waals surface area contributed by atoms with Crippen molar-refractivity contribution < 1.29 is 9.90 Å². The van der Waals surface area contributed by atoms with Crippen LogP contribution in [0.25, 0.3) is 0 Å². The first kappa shape index (κ1) is 8.45. The molecule has 1 rings (SSSR count). The van der Waals surface area contributed by atoms with Gasteiger partial charge in [0.2, 0.25) is 0 Å². The number of nitrogens with two attached hydrogens (primary N) is 1. The molecule has 1 atom stereocenters. The summed E-state index contributed by atoms with van der Waals surface area (Å²) in [5, 5.41) is 10.1. The van der Waals surface area contributed by atoms with Gasteiger partial charge < -0.3 is 10.0 Å². The molecule has 5 nitrogen and oxygen atoms in total. The van der Waals surface area contributed by atoms with Crippen molar-refractivity contribution in [2.24, 2.45) is 5.84 Å². The lowest BCUT2D eigenvalue weighted by molar-refractivity contribution is -0.145. The van der Waals surface area contributed by atoms with Crippen molar-refractivity contribution in [1.82, 2.24) is 9.91 Å². The molecule has 1 heterocycles. The molecule has 3 N–H and O–H groups in total. The summed E-state index contributed by atoms with van der Waals surface area (Å²) in [6, 6.07) is -0.547. The molecule has 1 saturated heterocycles. The lowest BCUT2D eigenvalue weighted by atomic mass is 10.2. The Morgan fingerprint density at radius 3 is 2.73 bits per heavy atom. The lowest BCUT2D eigenvalue weighted by Crippen LogP contribution is -2.58. The monoisotopic (exact) mass is 159 g/mol. The maximum Gasteiger partial charge on any atom is 0.323 e. The molecule has 1 aliphatic rings. The van der Waals surface area contributed by atoms with Gasteiger partial charge in [0.1, 0.15) is 6.04 Å². The van der Waals surface area contributed by atoms with Crippen LogP contribution in [0.4, 0.5) is 0 Å². The Balaban J connectivity index is 2.54. The van der Waals surface area contributed by atoms with Gasteiger partial charge in [-0.1, -0.05) is 0 Å². The number of hydrogen-bond acceptors (Lipinski definition) is 4. The summed E-state index contributed by atoms with van der Waals surface area (Å²) < 4.78 is 0. The number of carboxylic acid groups (broad SMARTS) is 1. The number of piperazine rings is 1. The molecule has 0 amide bonds. The van der Waals surface area contributed by atoms with Gasteiger partial charge in [0.25, 0.3) is 0 Å². The summed E-state index contributed by atoms with van der Waals surface area (Å²) >= 11 is 0. The maximum absolute atomic E-state index is 10.6. The van der Waals surface area contributed by atoms with Gasteiger partial charge in [-0.3, -0.25) is 10.6 Å². The summed E-state index contributed by atoms with van der Waals surface area (Å²) in [7, 11) is 1.89. The zero-order valence-corrected chi connectivity index (χ0v) is 6.53. The third-order valence-electron chi connectivity index (χ3n) is 1.91. The predicted octanol–water partition coefficient (Wildman–Crippen LogP) is -1.44. The molecule has 0 aromatic carbocycles. The molecule has 1 unspecified atom stereocenters. The maximum atomic E-state index is 10.6. The highest BCUT2D eigenvalue weighted by atomic mass is 16.4. The number of carboxylic acids is 1. The second-order valence-electron chi connectivity index (χ2n) is 2.85. The summed E-state index contributed by atoms with van der Waals surface area (Å²) in [4.78, 5) is 12.5. The zero-order valence-electron chi connectivity index (χ0n) is 6.53. The van der Waals surface area contributed by atoms with Crippen LogP contribution >= 0.6 is 0 Å². The first-order valence-electron chi connectivity index (χ1n) is 3.54. The van der Waals surface area contributed by atoms with Gasteiger partial charge >= 0.3 is 5.97 Å². The molecule has 0 saturated carbocycles. The highest BCUT2D eigenvalue weighted by molar-refractivity contribution is 5.73. The van der Waals surface area contributed by atoms with E-state index in [2.05, 4.69) is 0 Å². The smallest absolute Gasteiger partial charge is 0.323 e. The van der Waals surface area contributed by atoms with E-state index in [0.29, 0.717) is 13.1 Å². The Labute approximate surface area is 65.3 Å². The van der Waals surface area contributed by atoms with Crippen molar-refractivity contribution in [3.63, 3.8) is 0 Å². The van der Waals surface area contributed by atoms with Gasteiger partial charge in [-0.2, -0.15) is 0 Å². The second kappa shape index (κ2) is 3.17.